The minimum atomic E-state index is -6.17. The third-order valence-electron chi connectivity index (χ3n) is 0. The van der Waals surface area contributed by atoms with E-state index in [0.717, 1.165) is 0 Å². The van der Waals surface area contributed by atoms with Crippen LogP contribution in [0, 0.1) is 0 Å². The second-order valence-corrected chi connectivity index (χ2v) is 23.3. The zero-order chi connectivity index (χ0) is 40.4. The summed E-state index contributed by atoms with van der Waals surface area (Å²) in [7, 11) is 0. The average molecular weight is 2730 g/mol. The van der Waals surface area contributed by atoms with E-state index in [1.54, 1.807) is 0 Å². The molecule has 0 rings (SSSR count). The molecule has 0 aliphatic rings. The normalized spacial score (nSPS) is 8.14. The van der Waals surface area contributed by atoms with Gasteiger partial charge in [0.15, 0.2) is 0 Å². The molecule has 0 fully saturated rings. The Morgan fingerprint density at radius 1 is 0.235 bits per heavy atom. The standard InChI is InChI=1S/3Fe.5Nb.35O.3Pb.5W/q3*+3;;;;;;;;;;;;;;;;;;;;;;;;;;15*-1;3*+2;;;;;. The fraction of sp³-hybridized carbons (Fsp3) is 0. The van der Waals surface area contributed by atoms with Crippen LogP contribution in [0.25, 0.3) is 0 Å². The van der Waals surface area contributed by atoms with Crippen molar-refractivity contribution in [3.8, 4) is 0 Å². The molecule has 0 aromatic carbocycles. The number of rotatable bonds is 0. The van der Waals surface area contributed by atoms with E-state index < -0.39 is 178 Å². The van der Waals surface area contributed by atoms with E-state index in [0.29, 0.717) is 0 Å². The maximum absolute atomic E-state index is 8.65. The van der Waals surface area contributed by atoms with Gasteiger partial charge in [0.05, 0.1) is 0 Å². The topological polar surface area (TPSA) is 687 Å². The Morgan fingerprint density at radius 2 is 0.235 bits per heavy atom. The Morgan fingerprint density at radius 3 is 0.235 bits per heavy atom. The van der Waals surface area contributed by atoms with Crippen molar-refractivity contribution in [3.63, 3.8) is 0 Å². The smallest absolute Gasteiger partial charge is 2.00 e. The van der Waals surface area contributed by atoms with Gasteiger partial charge >= 0.3 is 433 Å². The molecule has 0 aromatic rings. The van der Waals surface area contributed by atoms with Gasteiger partial charge in [-0.25, -0.2) is 0 Å². The molecular formula is Fe3Nb5O35Pb3W5. The Hall–Kier alpha value is 6.87. The number of hydrogen-bond donors (Lipinski definition) is 0. The van der Waals surface area contributed by atoms with Crippen LogP contribution in [0.1, 0.15) is 0 Å². The van der Waals surface area contributed by atoms with Crippen molar-refractivity contribution < 1.29 is 351 Å². The Bertz CT molecular complexity index is 1270. The van der Waals surface area contributed by atoms with Crippen LogP contribution in [0.2, 0.25) is 0 Å². The molecule has 0 unspecified atom stereocenters. The molecule has 51 heavy (non-hydrogen) atoms. The van der Waals surface area contributed by atoms with Crippen LogP contribution in [0.4, 0.5) is 0 Å². The summed E-state index contributed by atoms with van der Waals surface area (Å²) in [4.78, 5) is 0. The first-order valence-corrected chi connectivity index (χ1v) is 43.5. The molecule has 0 heterocycles. The molecule has 51 heteroatoms. The van der Waals surface area contributed by atoms with Gasteiger partial charge in [0.25, 0.3) is 0 Å². The zero-order valence-electron chi connectivity index (χ0n) is 21.1. The van der Waals surface area contributed by atoms with E-state index in [-0.39, 0.29) is 133 Å². The van der Waals surface area contributed by atoms with Crippen molar-refractivity contribution >= 4 is 81.9 Å². The minimum Gasteiger partial charge on any atom is 2.00 e. The first kappa shape index (κ1) is 107. The summed E-state index contributed by atoms with van der Waals surface area (Å²) in [5.74, 6) is 0. The Balaban J connectivity index is -0.0000000188. The molecule has 35 nitrogen and oxygen atoms in total. The summed E-state index contributed by atoms with van der Waals surface area (Å²) < 4.78 is 302. The molecule has 0 bridgehead atoms. The van der Waals surface area contributed by atoms with Gasteiger partial charge in [-0.1, -0.05) is 0 Å². The molecule has 0 amide bonds. The quantitative estimate of drug-likeness (QED) is 0.203. The van der Waals surface area contributed by atoms with Crippen LogP contribution >= 0.6 is 0 Å². The predicted octanol–water partition coefficient (Wildman–Crippen LogP) is -21.4. The SMILES string of the molecule is [Fe+3].[Fe+3].[Fe+3].[O]=[Nb](=[O])[O-].[O]=[Nb](=[O])[O-].[O]=[Nb](=[O])[O-].[O]=[Nb](=[O])[O-].[O]=[Nb](=[O])[O-].[O]=[W](=[O])([O-])[O-].[O]=[W](=[O])([O-])[O-].[O]=[W](=[O])([O-])[O-].[O]=[W](=[O])([O-])[O-].[O]=[W](=[O])([O-])[O-].[Pb+2].[Pb+2].[Pb+2]. The summed E-state index contributed by atoms with van der Waals surface area (Å²) in [5.41, 5.74) is 0. The van der Waals surface area contributed by atoms with Gasteiger partial charge in [-0.3, -0.25) is 0 Å². The first-order chi connectivity index (χ1) is 18.7. The van der Waals surface area contributed by atoms with E-state index in [1.807, 2.05) is 0 Å². The van der Waals surface area contributed by atoms with Gasteiger partial charge in [-0.15, -0.1) is 0 Å². The molecule has 0 saturated heterocycles. The van der Waals surface area contributed by atoms with Crippen molar-refractivity contribution in [1.29, 1.82) is 0 Å². The van der Waals surface area contributed by atoms with Gasteiger partial charge in [0.2, 0.25) is 0 Å². The van der Waals surface area contributed by atoms with Crippen LogP contribution in [0.15, 0.2) is 0 Å². The molecule has 0 spiro atoms. The second kappa shape index (κ2) is 66.0. The van der Waals surface area contributed by atoms with Gasteiger partial charge < -0.3 is 0 Å². The summed E-state index contributed by atoms with van der Waals surface area (Å²) >= 11 is -51.8. The molecule has 0 aliphatic carbocycles. The van der Waals surface area contributed by atoms with Crippen LogP contribution in [-0.2, 0) is 295 Å². The van der Waals surface area contributed by atoms with Crippen molar-refractivity contribution in [2.45, 2.75) is 0 Å². The van der Waals surface area contributed by atoms with Crippen LogP contribution in [-0.4, -0.2) is 81.9 Å². The van der Waals surface area contributed by atoms with Crippen LogP contribution in [0.5, 0.6) is 0 Å². The molecular weight excluding hydrogens is 2730 g/mol. The Kier molecular flexibility index (Phi) is 138. The third-order valence-corrected chi connectivity index (χ3v) is 0. The van der Waals surface area contributed by atoms with E-state index in [1.165, 1.54) is 0 Å². The van der Waals surface area contributed by atoms with Gasteiger partial charge in [0, 0.05) is 0 Å². The van der Waals surface area contributed by atoms with Gasteiger partial charge in [0.1, 0.15) is 0 Å². The van der Waals surface area contributed by atoms with Crippen molar-refractivity contribution in [2.24, 2.45) is 0 Å². The summed E-state index contributed by atoms with van der Waals surface area (Å²) in [6.45, 7) is 0. The second-order valence-electron chi connectivity index (χ2n) is 3.16. The summed E-state index contributed by atoms with van der Waals surface area (Å²) in [6, 6.07) is 0. The van der Waals surface area contributed by atoms with Crippen molar-refractivity contribution in [2.75, 3.05) is 0 Å². The molecule has 0 aromatic heterocycles. The Labute approximate surface area is 423 Å². The number of hydrogen-bond acceptors (Lipinski definition) is 35. The first-order valence-electron chi connectivity index (χ1n) is 6.07. The largest absolute Gasteiger partial charge is 2.00 e. The summed E-state index contributed by atoms with van der Waals surface area (Å²) in [5, 5.41) is 0. The van der Waals surface area contributed by atoms with E-state index in [9.17, 15) is 0 Å². The van der Waals surface area contributed by atoms with Gasteiger partial charge in [-0.05, 0) is 0 Å². The summed E-state index contributed by atoms with van der Waals surface area (Å²) in [6.07, 6.45) is 0. The average Bonchev–Trinajstić information content (AvgIpc) is 2.41. The monoisotopic (exact) mass is 2740 g/mol. The fourth-order valence-corrected chi connectivity index (χ4v) is 0. The predicted molar refractivity (Wildman–Crippen MR) is 31.0 cm³/mol. The van der Waals surface area contributed by atoms with Crippen molar-refractivity contribution in [1.82, 2.24) is 0 Å². The third kappa shape index (κ3) is 3630. The maximum atomic E-state index is 8.65. The van der Waals surface area contributed by atoms with Crippen LogP contribution in [0.3, 0.4) is 0 Å². The fourth-order valence-electron chi connectivity index (χ4n) is 0. The van der Waals surface area contributed by atoms with E-state index in [4.69, 9.17) is 122 Å². The zero-order valence-corrected chi connectivity index (χ0v) is 61.8. The maximum Gasteiger partial charge on any atom is 2.00 e. The van der Waals surface area contributed by atoms with Gasteiger partial charge in [-0.2, -0.15) is 0 Å². The molecule has 0 atom stereocenters. The van der Waals surface area contributed by atoms with Crippen molar-refractivity contribution in [3.05, 3.63) is 0 Å². The van der Waals surface area contributed by atoms with E-state index in [2.05, 4.69) is 0 Å². The minimum absolute atomic E-state index is 0. The van der Waals surface area contributed by atoms with Crippen LogP contribution < -0.4 is 55.7 Å². The molecule has 301 valence electrons. The molecule has 0 saturated carbocycles. The molecule has 9 radical (unpaired) electrons. The van der Waals surface area contributed by atoms with E-state index >= 15 is 0 Å². The molecule has 0 N–H and O–H groups in total. The molecule has 0 aliphatic heterocycles.